The number of aromatic nitrogens is 5. The number of pyridine rings is 1. The van der Waals surface area contributed by atoms with Crippen LogP contribution in [0.1, 0.15) is 34.6 Å². The van der Waals surface area contributed by atoms with Crippen molar-refractivity contribution in [2.45, 2.75) is 13.0 Å². The summed E-state index contributed by atoms with van der Waals surface area (Å²) in [5, 5.41) is 16.9. The number of imidazole rings is 1. The van der Waals surface area contributed by atoms with Crippen LogP contribution in [0.25, 0.3) is 11.2 Å². The average molecular weight is 516 g/mol. The van der Waals surface area contributed by atoms with Gasteiger partial charge in [0.1, 0.15) is 29.3 Å². The number of nitrogens with one attached hydrogen (secondary N) is 1. The summed E-state index contributed by atoms with van der Waals surface area (Å²) in [6.45, 7) is 2.54. The van der Waals surface area contributed by atoms with E-state index in [-0.39, 0.29) is 28.6 Å². The number of rotatable bonds is 4. The van der Waals surface area contributed by atoms with Crippen LogP contribution in [0.4, 0.5) is 11.6 Å². The van der Waals surface area contributed by atoms with Crippen LogP contribution in [0.2, 0.25) is 5.02 Å². The Hall–Kier alpha value is -3.57. The molecule has 14 heteroatoms. The van der Waals surface area contributed by atoms with Gasteiger partial charge in [-0.1, -0.05) is 11.6 Å². The highest BCUT2D eigenvalue weighted by Crippen LogP contribution is 2.43. The third-order valence-electron chi connectivity index (χ3n) is 6.01. The SMILES string of the molecule is CC(NC(=O)c1c(N)nn2cccnc12)c1cc(Cl)c2c(C#N)ncn2c1N1CCS(O)(O)CC1. The Bertz CT molecular complexity index is 1500. The van der Waals surface area contributed by atoms with E-state index in [0.29, 0.717) is 40.7 Å². The monoisotopic (exact) mass is 515 g/mol. The largest absolute Gasteiger partial charge is 0.381 e. The van der Waals surface area contributed by atoms with E-state index in [1.165, 1.54) is 10.8 Å². The fraction of sp³-hybridized carbons (Fsp3) is 0.286. The van der Waals surface area contributed by atoms with Gasteiger partial charge in [-0.2, -0.15) is 15.9 Å². The maximum Gasteiger partial charge on any atom is 0.259 e. The van der Waals surface area contributed by atoms with Crippen molar-refractivity contribution in [2.75, 3.05) is 35.2 Å². The number of nitriles is 1. The third kappa shape index (κ3) is 4.00. The summed E-state index contributed by atoms with van der Waals surface area (Å²) in [5.74, 6) is 0.675. The number of anilines is 2. The normalized spacial score (nSPS) is 17.3. The molecule has 0 aromatic carbocycles. The molecule has 12 nitrogen and oxygen atoms in total. The van der Waals surface area contributed by atoms with E-state index >= 15 is 0 Å². The molecule has 182 valence electrons. The summed E-state index contributed by atoms with van der Waals surface area (Å²) in [6.07, 6.45) is 4.71. The van der Waals surface area contributed by atoms with Crippen molar-refractivity contribution in [3.05, 3.63) is 52.7 Å². The van der Waals surface area contributed by atoms with Gasteiger partial charge in [0.2, 0.25) is 0 Å². The highest BCUT2D eigenvalue weighted by Gasteiger charge is 2.29. The summed E-state index contributed by atoms with van der Waals surface area (Å²) in [5.41, 5.74) is 7.78. The van der Waals surface area contributed by atoms with E-state index < -0.39 is 22.5 Å². The van der Waals surface area contributed by atoms with Gasteiger partial charge in [0.05, 0.1) is 22.6 Å². The Kier molecular flexibility index (Phi) is 5.68. The lowest BCUT2D eigenvalue weighted by atomic mass is 10.1. The zero-order valence-corrected chi connectivity index (χ0v) is 20.2. The summed E-state index contributed by atoms with van der Waals surface area (Å²) in [7, 11) is -2.64. The number of nitrogens with zero attached hydrogens (tertiary/aromatic N) is 7. The van der Waals surface area contributed by atoms with Crippen LogP contribution in [-0.4, -0.2) is 63.6 Å². The minimum Gasteiger partial charge on any atom is -0.381 e. The summed E-state index contributed by atoms with van der Waals surface area (Å²) < 4.78 is 23.3. The molecule has 5 heterocycles. The van der Waals surface area contributed by atoms with Crippen molar-refractivity contribution in [1.29, 1.82) is 5.26 Å². The first kappa shape index (κ1) is 23.2. The van der Waals surface area contributed by atoms with E-state index in [4.69, 9.17) is 17.3 Å². The van der Waals surface area contributed by atoms with Crippen LogP contribution in [0.3, 0.4) is 0 Å². The Morgan fingerprint density at radius 1 is 1.34 bits per heavy atom. The Labute approximate surface area is 206 Å². The van der Waals surface area contributed by atoms with Crippen molar-refractivity contribution in [1.82, 2.24) is 29.3 Å². The number of hydrogen-bond acceptors (Lipinski definition) is 9. The van der Waals surface area contributed by atoms with Gasteiger partial charge in [0.25, 0.3) is 5.91 Å². The van der Waals surface area contributed by atoms with Crippen LogP contribution in [-0.2, 0) is 0 Å². The van der Waals surface area contributed by atoms with Crippen molar-refractivity contribution in [2.24, 2.45) is 0 Å². The molecule has 1 saturated heterocycles. The molecule has 1 fully saturated rings. The number of fused-ring (bicyclic) bond motifs is 2. The number of amides is 1. The second kappa shape index (κ2) is 8.58. The maximum absolute atomic E-state index is 13.2. The smallest absolute Gasteiger partial charge is 0.259 e. The quantitative estimate of drug-likeness (QED) is 0.319. The summed E-state index contributed by atoms with van der Waals surface area (Å²) in [6, 6.07) is 4.88. The number of hydrogen-bond donors (Lipinski definition) is 4. The van der Waals surface area contributed by atoms with Crippen LogP contribution in [0.5, 0.6) is 0 Å². The zero-order chi connectivity index (χ0) is 24.9. The molecule has 0 bridgehead atoms. The van der Waals surface area contributed by atoms with Crippen LogP contribution < -0.4 is 16.0 Å². The molecule has 0 spiro atoms. The van der Waals surface area contributed by atoms with Crippen LogP contribution in [0, 0.1) is 11.3 Å². The minimum atomic E-state index is -2.64. The predicted molar refractivity (Wildman–Crippen MR) is 133 cm³/mol. The van der Waals surface area contributed by atoms with Crippen molar-refractivity contribution >= 4 is 50.9 Å². The van der Waals surface area contributed by atoms with Crippen molar-refractivity contribution in [3.63, 3.8) is 0 Å². The molecule has 5 rings (SSSR count). The molecular formula is C21H22ClN9O3S. The number of carbonyl (C=O) groups is 1. The van der Waals surface area contributed by atoms with Gasteiger partial charge in [-0.25, -0.2) is 14.5 Å². The topological polar surface area (TPSA) is 170 Å². The molecule has 0 saturated carbocycles. The Morgan fingerprint density at radius 3 is 2.80 bits per heavy atom. The molecule has 1 amide bonds. The summed E-state index contributed by atoms with van der Waals surface area (Å²) in [4.78, 5) is 23.6. The average Bonchev–Trinajstić information content (AvgIpc) is 3.40. The standard InChI is InChI=1S/C21H22ClN9O3S/c1-12(27-20(32)16-18(24)28-31-4-2-3-25-19(16)31)13-9-14(22)17-15(10-23)26-11-30(17)21(13)29-5-7-35(33,34)8-6-29/h2-4,9,11-12,33-34H,5-8H2,1H3,(H2,24,28)(H,27,32). The molecule has 0 radical (unpaired) electrons. The van der Waals surface area contributed by atoms with Gasteiger partial charge >= 0.3 is 0 Å². The van der Waals surface area contributed by atoms with Gasteiger partial charge in [-0.3, -0.25) is 18.3 Å². The molecule has 1 aliphatic rings. The molecule has 1 atom stereocenters. The molecule has 5 N–H and O–H groups in total. The van der Waals surface area contributed by atoms with E-state index in [0.717, 1.165) is 0 Å². The third-order valence-corrected chi connectivity index (χ3v) is 7.97. The van der Waals surface area contributed by atoms with E-state index in [9.17, 15) is 19.2 Å². The number of carbonyl (C=O) groups excluding carboxylic acids is 1. The Balaban J connectivity index is 1.57. The first-order chi connectivity index (χ1) is 16.7. The maximum atomic E-state index is 13.2. The van der Waals surface area contributed by atoms with E-state index in [2.05, 4.69) is 20.4 Å². The first-order valence-electron chi connectivity index (χ1n) is 10.7. The molecule has 1 unspecified atom stereocenters. The minimum absolute atomic E-state index is 0.0524. The van der Waals surface area contributed by atoms with Gasteiger partial charge < -0.3 is 16.0 Å². The number of nitrogen functional groups attached to an aromatic ring is 1. The van der Waals surface area contributed by atoms with Gasteiger partial charge in [0, 0.05) is 31.0 Å². The van der Waals surface area contributed by atoms with Crippen LogP contribution in [0.15, 0.2) is 30.9 Å². The first-order valence-corrected chi connectivity index (χ1v) is 12.9. The van der Waals surface area contributed by atoms with Crippen molar-refractivity contribution < 1.29 is 13.9 Å². The van der Waals surface area contributed by atoms with Crippen LogP contribution >= 0.6 is 22.2 Å². The second-order valence-corrected chi connectivity index (χ2v) is 11.1. The fourth-order valence-electron chi connectivity index (χ4n) is 4.29. The van der Waals surface area contributed by atoms with E-state index in [1.54, 1.807) is 35.9 Å². The van der Waals surface area contributed by atoms with Gasteiger partial charge in [0.15, 0.2) is 17.2 Å². The highest BCUT2D eigenvalue weighted by atomic mass is 35.5. The highest BCUT2D eigenvalue weighted by molar-refractivity contribution is 8.24. The molecule has 1 aliphatic heterocycles. The molecule has 35 heavy (non-hydrogen) atoms. The molecule has 4 aromatic rings. The summed E-state index contributed by atoms with van der Waals surface area (Å²) >= 11 is 6.56. The molecule has 0 aliphatic carbocycles. The lowest BCUT2D eigenvalue weighted by molar-refractivity contribution is 0.0942. The van der Waals surface area contributed by atoms with Gasteiger partial charge in [-0.05, 0) is 19.1 Å². The fourth-order valence-corrected chi connectivity index (χ4v) is 5.82. The predicted octanol–water partition coefficient (Wildman–Crippen LogP) is 2.55. The number of halogens is 1. The lowest BCUT2D eigenvalue weighted by Crippen LogP contribution is -2.40. The van der Waals surface area contributed by atoms with Gasteiger partial charge in [-0.15, -0.1) is 5.10 Å². The second-order valence-electron chi connectivity index (χ2n) is 8.24. The Morgan fingerprint density at radius 2 is 2.09 bits per heavy atom. The van der Waals surface area contributed by atoms with Crippen molar-refractivity contribution in [3.8, 4) is 6.07 Å². The molecule has 4 aromatic heterocycles. The lowest BCUT2D eigenvalue weighted by Gasteiger charge is -2.42. The zero-order valence-electron chi connectivity index (χ0n) is 18.6. The van der Waals surface area contributed by atoms with E-state index in [1.807, 2.05) is 11.0 Å². The number of nitrogens with two attached hydrogens (primary N) is 1. The molecular weight excluding hydrogens is 494 g/mol.